The van der Waals surface area contributed by atoms with Crippen LogP contribution in [0.4, 0.5) is 0 Å². The number of aromatic nitrogens is 1. The van der Waals surface area contributed by atoms with Gasteiger partial charge in [0.25, 0.3) is 5.91 Å². The van der Waals surface area contributed by atoms with E-state index in [1.54, 1.807) is 11.3 Å². The first-order valence-corrected chi connectivity index (χ1v) is 7.01. The molecule has 1 aromatic carbocycles. The van der Waals surface area contributed by atoms with Crippen LogP contribution in [0, 0.1) is 5.92 Å². The molecular weight excluding hydrogens is 244 g/mol. The number of aryl methyl sites for hydroxylation is 2. The minimum Gasteiger partial charge on any atom is -0.319 e. The maximum absolute atomic E-state index is 11.7. The average Bonchev–Trinajstić information content (AvgIpc) is 2.65. The van der Waals surface area contributed by atoms with Gasteiger partial charge in [-0.05, 0) is 24.1 Å². The van der Waals surface area contributed by atoms with Crippen LogP contribution in [0.5, 0.6) is 0 Å². The van der Waals surface area contributed by atoms with E-state index in [2.05, 4.69) is 30.1 Å². The first-order valence-electron chi connectivity index (χ1n) is 6.20. The molecule has 0 aliphatic carbocycles. The van der Waals surface area contributed by atoms with Gasteiger partial charge in [-0.25, -0.2) is 0 Å². The van der Waals surface area contributed by atoms with Crippen LogP contribution >= 0.6 is 11.3 Å². The number of amides is 1. The smallest absolute Gasteiger partial charge is 0.250 e. The molecule has 0 aliphatic rings. The Morgan fingerprint density at radius 2 is 2.17 bits per heavy atom. The molecule has 2 aromatic rings. The molecule has 0 bridgehead atoms. The highest BCUT2D eigenvalue weighted by Crippen LogP contribution is 2.18. The molecule has 0 fully saturated rings. The Morgan fingerprint density at radius 3 is 2.78 bits per heavy atom. The van der Waals surface area contributed by atoms with E-state index >= 15 is 0 Å². The second-order valence-corrected chi connectivity index (χ2v) is 5.71. The first-order chi connectivity index (χ1) is 8.52. The Labute approximate surface area is 111 Å². The molecule has 3 nitrogen and oxygen atoms in total. The van der Waals surface area contributed by atoms with Crippen LogP contribution in [-0.4, -0.2) is 10.5 Å². The van der Waals surface area contributed by atoms with Crippen molar-refractivity contribution in [3.63, 3.8) is 0 Å². The Balaban J connectivity index is 2.60. The summed E-state index contributed by atoms with van der Waals surface area (Å²) >= 11 is 1.57. The van der Waals surface area contributed by atoms with Gasteiger partial charge in [-0.3, -0.25) is 4.79 Å². The normalized spacial score (nSPS) is 12.6. The minimum atomic E-state index is -0.0622. The van der Waals surface area contributed by atoms with E-state index in [-0.39, 0.29) is 11.8 Å². The van der Waals surface area contributed by atoms with E-state index in [4.69, 9.17) is 0 Å². The van der Waals surface area contributed by atoms with Crippen LogP contribution in [0.1, 0.15) is 26.3 Å². The summed E-state index contributed by atoms with van der Waals surface area (Å²) in [5, 5.41) is 0. The molecule has 0 saturated carbocycles. The zero-order valence-electron chi connectivity index (χ0n) is 11.2. The summed E-state index contributed by atoms with van der Waals surface area (Å²) in [6.45, 7) is 5.88. The van der Waals surface area contributed by atoms with Gasteiger partial charge in [-0.15, -0.1) is 0 Å². The predicted octanol–water partition coefficient (Wildman–Crippen LogP) is 2.89. The van der Waals surface area contributed by atoms with Crippen molar-refractivity contribution < 1.29 is 4.79 Å². The highest BCUT2D eigenvalue weighted by atomic mass is 32.1. The fraction of sp³-hybridized carbons (Fsp3) is 0.429. The second-order valence-electron chi connectivity index (χ2n) is 4.70. The standard InChI is InChI=1S/C14H18N2OS/c1-5-10-6-7-11-12(8-10)18-14(16(11)4)15-13(17)9(2)3/h6-9H,5H2,1-4H3. The first kappa shape index (κ1) is 13.0. The van der Waals surface area contributed by atoms with E-state index in [1.165, 1.54) is 10.3 Å². The zero-order valence-corrected chi connectivity index (χ0v) is 12.0. The van der Waals surface area contributed by atoms with E-state index in [9.17, 15) is 4.79 Å². The quantitative estimate of drug-likeness (QED) is 0.819. The molecule has 0 N–H and O–H groups in total. The summed E-state index contributed by atoms with van der Waals surface area (Å²) in [4.78, 5) is 16.7. The van der Waals surface area contributed by atoms with E-state index in [0.717, 1.165) is 16.7 Å². The Hall–Kier alpha value is -1.42. The maximum atomic E-state index is 11.7. The number of rotatable bonds is 2. The van der Waals surface area contributed by atoms with Gasteiger partial charge in [-0.1, -0.05) is 38.2 Å². The summed E-state index contributed by atoms with van der Waals surface area (Å²) in [6.07, 6.45) is 1.02. The summed E-state index contributed by atoms with van der Waals surface area (Å²) < 4.78 is 3.17. The fourth-order valence-corrected chi connectivity index (χ4v) is 2.82. The number of carbonyl (C=O) groups is 1. The molecule has 2 rings (SSSR count). The molecule has 1 amide bonds. The monoisotopic (exact) mass is 262 g/mol. The van der Waals surface area contributed by atoms with Crippen molar-refractivity contribution in [3.05, 3.63) is 28.6 Å². The SMILES string of the molecule is CCc1ccc2c(c1)sc(=NC(=O)C(C)C)n2C. The van der Waals surface area contributed by atoms with Gasteiger partial charge in [0.15, 0.2) is 4.80 Å². The van der Waals surface area contributed by atoms with E-state index < -0.39 is 0 Å². The zero-order chi connectivity index (χ0) is 13.3. The lowest BCUT2D eigenvalue weighted by atomic mass is 10.2. The molecule has 96 valence electrons. The number of hydrogen-bond donors (Lipinski definition) is 0. The molecule has 0 unspecified atom stereocenters. The van der Waals surface area contributed by atoms with Crippen molar-refractivity contribution in [1.29, 1.82) is 0 Å². The van der Waals surface area contributed by atoms with Gasteiger partial charge in [-0.2, -0.15) is 4.99 Å². The molecule has 0 spiro atoms. The second kappa shape index (κ2) is 5.06. The van der Waals surface area contributed by atoms with Crippen molar-refractivity contribution in [2.75, 3.05) is 0 Å². The molecule has 1 aromatic heterocycles. The summed E-state index contributed by atoms with van der Waals surface area (Å²) in [5.74, 6) is -0.116. The Kier molecular flexibility index (Phi) is 3.66. The molecule has 0 saturated heterocycles. The van der Waals surface area contributed by atoms with Crippen molar-refractivity contribution in [2.24, 2.45) is 18.0 Å². The van der Waals surface area contributed by atoms with E-state index in [0.29, 0.717) is 0 Å². The van der Waals surface area contributed by atoms with Crippen LogP contribution < -0.4 is 4.80 Å². The number of hydrogen-bond acceptors (Lipinski definition) is 2. The predicted molar refractivity (Wildman–Crippen MR) is 75.6 cm³/mol. The summed E-state index contributed by atoms with van der Waals surface area (Å²) in [6, 6.07) is 6.41. The third-order valence-corrected chi connectivity index (χ3v) is 4.08. The number of fused-ring (bicyclic) bond motifs is 1. The lowest BCUT2D eigenvalue weighted by Crippen LogP contribution is -2.15. The van der Waals surface area contributed by atoms with Crippen molar-refractivity contribution in [1.82, 2.24) is 4.57 Å². The molecule has 0 radical (unpaired) electrons. The fourth-order valence-electron chi connectivity index (χ4n) is 1.73. The lowest BCUT2D eigenvalue weighted by Gasteiger charge is -1.98. The molecular formula is C14H18N2OS. The topological polar surface area (TPSA) is 34.4 Å². The third kappa shape index (κ3) is 2.38. The maximum Gasteiger partial charge on any atom is 0.250 e. The number of benzene rings is 1. The summed E-state index contributed by atoms with van der Waals surface area (Å²) in [7, 11) is 1.96. The Morgan fingerprint density at radius 1 is 1.44 bits per heavy atom. The summed E-state index contributed by atoms with van der Waals surface area (Å²) in [5.41, 5.74) is 2.44. The number of carbonyl (C=O) groups excluding carboxylic acids is 1. The molecule has 1 heterocycles. The van der Waals surface area contributed by atoms with Crippen molar-refractivity contribution >= 4 is 27.5 Å². The number of thiazole rings is 1. The molecule has 0 aliphatic heterocycles. The third-order valence-electron chi connectivity index (χ3n) is 2.98. The van der Waals surface area contributed by atoms with Gasteiger partial charge in [0, 0.05) is 13.0 Å². The van der Waals surface area contributed by atoms with Crippen LogP contribution in [0.3, 0.4) is 0 Å². The van der Waals surface area contributed by atoms with Gasteiger partial charge >= 0.3 is 0 Å². The molecule has 0 atom stereocenters. The van der Waals surface area contributed by atoms with Crippen molar-refractivity contribution in [3.8, 4) is 0 Å². The average molecular weight is 262 g/mol. The van der Waals surface area contributed by atoms with Crippen LogP contribution in [0.15, 0.2) is 23.2 Å². The van der Waals surface area contributed by atoms with Gasteiger partial charge in [0.2, 0.25) is 0 Å². The number of nitrogens with zero attached hydrogens (tertiary/aromatic N) is 2. The van der Waals surface area contributed by atoms with Gasteiger partial charge < -0.3 is 4.57 Å². The van der Waals surface area contributed by atoms with Gasteiger partial charge in [0.05, 0.1) is 10.2 Å². The molecule has 4 heteroatoms. The van der Waals surface area contributed by atoms with Crippen LogP contribution in [0.2, 0.25) is 0 Å². The van der Waals surface area contributed by atoms with E-state index in [1.807, 2.05) is 25.5 Å². The highest BCUT2D eigenvalue weighted by Gasteiger charge is 2.08. The lowest BCUT2D eigenvalue weighted by molar-refractivity contribution is -0.120. The highest BCUT2D eigenvalue weighted by molar-refractivity contribution is 7.16. The van der Waals surface area contributed by atoms with Crippen LogP contribution in [-0.2, 0) is 18.3 Å². The molecule has 18 heavy (non-hydrogen) atoms. The minimum absolute atomic E-state index is 0.0542. The van der Waals surface area contributed by atoms with Crippen molar-refractivity contribution in [2.45, 2.75) is 27.2 Å². The largest absolute Gasteiger partial charge is 0.319 e. The Bertz CT molecular complexity index is 649. The van der Waals surface area contributed by atoms with Gasteiger partial charge in [0.1, 0.15) is 0 Å². The van der Waals surface area contributed by atoms with Crippen LogP contribution in [0.25, 0.3) is 10.2 Å².